The van der Waals surface area contributed by atoms with Crippen molar-refractivity contribution in [1.29, 1.82) is 0 Å². The van der Waals surface area contributed by atoms with E-state index in [2.05, 4.69) is 15.8 Å². The minimum absolute atomic E-state index is 0.0148. The van der Waals surface area contributed by atoms with E-state index in [0.29, 0.717) is 30.4 Å². The maximum Gasteiger partial charge on any atom is 0.244 e. The summed E-state index contributed by atoms with van der Waals surface area (Å²) in [5.41, 5.74) is 0.564. The molecule has 0 aliphatic carbocycles. The van der Waals surface area contributed by atoms with Crippen LogP contribution in [0.1, 0.15) is 25.0 Å². The largest absolute Gasteiger partial charge is 0.376 e. The lowest BCUT2D eigenvalue weighted by Crippen LogP contribution is -2.35. The molecule has 0 saturated carbocycles. The van der Waals surface area contributed by atoms with Crippen LogP contribution in [0.2, 0.25) is 0 Å². The number of amides is 1. The lowest BCUT2D eigenvalue weighted by Gasteiger charge is -2.26. The van der Waals surface area contributed by atoms with Crippen LogP contribution in [0.15, 0.2) is 39.8 Å². The summed E-state index contributed by atoms with van der Waals surface area (Å²) in [6.45, 7) is 2.83. The van der Waals surface area contributed by atoms with Gasteiger partial charge in [0.15, 0.2) is 5.82 Å². The number of benzene rings is 1. The van der Waals surface area contributed by atoms with Crippen molar-refractivity contribution in [3.05, 3.63) is 36.1 Å². The first-order valence-electron chi connectivity index (χ1n) is 8.52. The summed E-state index contributed by atoms with van der Waals surface area (Å²) >= 11 is 0. The van der Waals surface area contributed by atoms with Crippen LogP contribution in [0, 0.1) is 6.92 Å². The van der Waals surface area contributed by atoms with Crippen molar-refractivity contribution in [2.75, 3.05) is 30.3 Å². The highest BCUT2D eigenvalue weighted by atomic mass is 32.2. The van der Waals surface area contributed by atoms with Gasteiger partial charge < -0.3 is 15.2 Å². The normalized spacial score (nSPS) is 15.6. The van der Waals surface area contributed by atoms with Crippen molar-refractivity contribution in [3.8, 4) is 0 Å². The third kappa shape index (κ3) is 4.41. The SMILES string of the molecule is Cc1cc(NC(=O)CNc2cccc(S(=O)(=O)N3CCCCC3)c2)no1. The first-order valence-corrected chi connectivity index (χ1v) is 9.96. The Morgan fingerprint density at radius 2 is 2.00 bits per heavy atom. The van der Waals surface area contributed by atoms with Crippen molar-refractivity contribution < 1.29 is 17.7 Å². The zero-order chi connectivity index (χ0) is 18.6. The maximum absolute atomic E-state index is 12.7. The van der Waals surface area contributed by atoms with Gasteiger partial charge in [-0.1, -0.05) is 17.6 Å². The molecule has 0 bridgehead atoms. The van der Waals surface area contributed by atoms with Gasteiger partial charge in [-0.2, -0.15) is 4.31 Å². The molecule has 2 aromatic rings. The standard InChI is InChI=1S/C17H22N4O4S/c1-13-10-16(20-25-13)19-17(22)12-18-14-6-5-7-15(11-14)26(23,24)21-8-3-2-4-9-21/h5-7,10-11,18H,2-4,8-9,12H2,1H3,(H,19,20,22). The number of carbonyl (C=O) groups is 1. The Hall–Kier alpha value is -2.39. The van der Waals surface area contributed by atoms with E-state index in [1.54, 1.807) is 37.3 Å². The lowest BCUT2D eigenvalue weighted by atomic mass is 10.2. The molecule has 0 radical (unpaired) electrons. The molecule has 0 spiro atoms. The Morgan fingerprint density at radius 1 is 1.23 bits per heavy atom. The number of carbonyl (C=O) groups excluding carboxylic acids is 1. The van der Waals surface area contributed by atoms with Gasteiger partial charge in [-0.15, -0.1) is 0 Å². The quantitative estimate of drug-likeness (QED) is 0.799. The molecule has 1 saturated heterocycles. The molecule has 1 aliphatic heterocycles. The molecule has 2 heterocycles. The Morgan fingerprint density at radius 3 is 2.69 bits per heavy atom. The Bertz CT molecular complexity index is 872. The maximum atomic E-state index is 12.7. The van der Waals surface area contributed by atoms with Crippen LogP contribution in [0.4, 0.5) is 11.5 Å². The molecule has 1 aliphatic rings. The Labute approximate surface area is 152 Å². The van der Waals surface area contributed by atoms with Crippen molar-refractivity contribution in [2.45, 2.75) is 31.1 Å². The topological polar surface area (TPSA) is 105 Å². The van der Waals surface area contributed by atoms with Crippen molar-refractivity contribution in [1.82, 2.24) is 9.46 Å². The zero-order valence-corrected chi connectivity index (χ0v) is 15.4. The fraction of sp³-hybridized carbons (Fsp3) is 0.412. The highest BCUT2D eigenvalue weighted by Gasteiger charge is 2.25. The van der Waals surface area contributed by atoms with Gasteiger partial charge in [0.2, 0.25) is 15.9 Å². The minimum atomic E-state index is -3.50. The van der Waals surface area contributed by atoms with Crippen LogP contribution < -0.4 is 10.6 Å². The molecule has 3 rings (SSSR count). The summed E-state index contributed by atoms with van der Waals surface area (Å²) in [6, 6.07) is 8.13. The van der Waals surface area contributed by atoms with E-state index >= 15 is 0 Å². The second kappa shape index (κ2) is 7.88. The van der Waals surface area contributed by atoms with Gasteiger partial charge in [0, 0.05) is 24.8 Å². The Balaban J connectivity index is 1.62. The third-order valence-electron chi connectivity index (χ3n) is 4.14. The van der Waals surface area contributed by atoms with E-state index in [1.165, 1.54) is 4.31 Å². The van der Waals surface area contributed by atoms with Crippen LogP contribution in [-0.2, 0) is 14.8 Å². The van der Waals surface area contributed by atoms with E-state index in [0.717, 1.165) is 19.3 Å². The van der Waals surface area contributed by atoms with E-state index in [9.17, 15) is 13.2 Å². The molecule has 1 fully saturated rings. The van der Waals surface area contributed by atoms with Gasteiger partial charge in [0.25, 0.3) is 0 Å². The molecule has 8 nitrogen and oxygen atoms in total. The van der Waals surface area contributed by atoms with Crippen molar-refractivity contribution in [3.63, 3.8) is 0 Å². The fourth-order valence-corrected chi connectivity index (χ4v) is 4.38. The molecule has 26 heavy (non-hydrogen) atoms. The number of nitrogens with one attached hydrogen (secondary N) is 2. The summed E-state index contributed by atoms with van der Waals surface area (Å²) in [6.07, 6.45) is 2.84. The predicted octanol–water partition coefficient (Wildman–Crippen LogP) is 2.21. The molecule has 1 amide bonds. The van der Waals surface area contributed by atoms with Gasteiger partial charge in [-0.25, -0.2) is 8.42 Å². The second-order valence-electron chi connectivity index (χ2n) is 6.22. The number of aromatic nitrogens is 1. The lowest BCUT2D eigenvalue weighted by molar-refractivity contribution is -0.114. The number of rotatable bonds is 6. The molecule has 1 aromatic heterocycles. The molecule has 2 N–H and O–H groups in total. The van der Waals surface area contributed by atoms with Gasteiger partial charge in [-0.3, -0.25) is 4.79 Å². The van der Waals surface area contributed by atoms with Crippen LogP contribution >= 0.6 is 0 Å². The Kier molecular flexibility index (Phi) is 5.58. The second-order valence-corrected chi connectivity index (χ2v) is 8.16. The van der Waals surface area contributed by atoms with E-state index in [4.69, 9.17) is 4.52 Å². The van der Waals surface area contributed by atoms with Crippen molar-refractivity contribution in [2.24, 2.45) is 0 Å². The predicted molar refractivity (Wildman–Crippen MR) is 97.4 cm³/mol. The summed E-state index contributed by atoms with van der Waals surface area (Å²) < 4.78 is 31.8. The zero-order valence-electron chi connectivity index (χ0n) is 14.6. The first kappa shape index (κ1) is 18.4. The average molecular weight is 378 g/mol. The summed E-state index contributed by atoms with van der Waals surface area (Å²) in [7, 11) is -3.50. The fourth-order valence-electron chi connectivity index (χ4n) is 2.82. The number of sulfonamides is 1. The number of piperidine rings is 1. The monoisotopic (exact) mass is 378 g/mol. The van der Waals surface area contributed by atoms with Gasteiger partial charge in [0.1, 0.15) is 5.76 Å². The van der Waals surface area contributed by atoms with Gasteiger partial charge in [0.05, 0.1) is 11.4 Å². The van der Waals surface area contributed by atoms with Crippen LogP contribution in [0.5, 0.6) is 0 Å². The van der Waals surface area contributed by atoms with Gasteiger partial charge in [-0.05, 0) is 38.0 Å². The molecule has 0 atom stereocenters. The number of hydrogen-bond donors (Lipinski definition) is 2. The molecule has 9 heteroatoms. The van der Waals surface area contributed by atoms with Crippen LogP contribution in [0.25, 0.3) is 0 Å². The van der Waals surface area contributed by atoms with E-state index < -0.39 is 10.0 Å². The number of aryl methyl sites for hydroxylation is 1. The number of anilines is 2. The summed E-state index contributed by atoms with van der Waals surface area (Å²) in [4.78, 5) is 12.2. The third-order valence-corrected chi connectivity index (χ3v) is 6.03. The smallest absolute Gasteiger partial charge is 0.244 e. The minimum Gasteiger partial charge on any atom is -0.376 e. The van der Waals surface area contributed by atoms with E-state index in [-0.39, 0.29) is 17.3 Å². The van der Waals surface area contributed by atoms with Gasteiger partial charge >= 0.3 is 0 Å². The van der Waals surface area contributed by atoms with Crippen LogP contribution in [0.3, 0.4) is 0 Å². The highest BCUT2D eigenvalue weighted by Crippen LogP contribution is 2.22. The number of hydrogen-bond acceptors (Lipinski definition) is 6. The molecule has 140 valence electrons. The van der Waals surface area contributed by atoms with E-state index in [1.807, 2.05) is 0 Å². The highest BCUT2D eigenvalue weighted by molar-refractivity contribution is 7.89. The molecule has 1 aromatic carbocycles. The summed E-state index contributed by atoms with van der Waals surface area (Å²) in [5.74, 6) is 0.641. The summed E-state index contributed by atoms with van der Waals surface area (Å²) in [5, 5.41) is 9.22. The average Bonchev–Trinajstić information content (AvgIpc) is 3.05. The molecule has 0 unspecified atom stereocenters. The number of nitrogens with zero attached hydrogens (tertiary/aromatic N) is 2. The first-order chi connectivity index (χ1) is 12.4. The van der Waals surface area contributed by atoms with Crippen LogP contribution in [-0.4, -0.2) is 43.4 Å². The molecular formula is C17H22N4O4S. The molecular weight excluding hydrogens is 356 g/mol. The van der Waals surface area contributed by atoms with Crippen molar-refractivity contribution >= 4 is 27.4 Å².